The van der Waals surface area contributed by atoms with Crippen molar-refractivity contribution < 1.29 is 21.9 Å². The van der Waals surface area contributed by atoms with E-state index in [2.05, 4.69) is 0 Å². The zero-order valence-electron chi connectivity index (χ0n) is 2.01. The smallest absolute Gasteiger partial charge is 0.356 e. The number of hydrogen-bond donors (Lipinski definition) is 0. The third kappa shape index (κ3) is 125. The van der Waals surface area contributed by atoms with Crippen LogP contribution in [0.15, 0.2) is 0 Å². The van der Waals surface area contributed by atoms with Crippen LogP contribution >= 0.6 is 0 Å². The number of nitrogens with zero attached hydrogens (tertiary/aromatic N) is 1. The molecule has 0 saturated heterocycles. The van der Waals surface area contributed by atoms with E-state index in [1.54, 1.807) is 0 Å². The van der Waals surface area contributed by atoms with E-state index in [-0.39, 0.29) is 16.8 Å². The third-order valence-corrected chi connectivity index (χ3v) is 0. The molecule has 0 atom stereocenters. The first-order valence-corrected chi connectivity index (χ1v) is 0.548. The van der Waals surface area contributed by atoms with Gasteiger partial charge in [0.1, 0.15) is 0 Å². The van der Waals surface area contributed by atoms with Crippen molar-refractivity contribution in [2.75, 3.05) is 0 Å². The van der Waals surface area contributed by atoms with Crippen LogP contribution in [-0.4, -0.2) is 5.09 Å². The van der Waals surface area contributed by atoms with Crippen molar-refractivity contribution in [3.63, 3.8) is 0 Å². The van der Waals surface area contributed by atoms with Gasteiger partial charge in [-0.25, -0.2) is 0 Å². The summed E-state index contributed by atoms with van der Waals surface area (Å²) in [5, 5.41) is 14.8. The monoisotopic (exact) mass is 121 g/mol. The van der Waals surface area contributed by atoms with Gasteiger partial charge in [0, 0.05) is 0 Å². The van der Waals surface area contributed by atoms with E-state index in [4.69, 9.17) is 15.3 Å². The quantitative estimate of drug-likeness (QED) is 0.328. The van der Waals surface area contributed by atoms with E-state index in [1.165, 1.54) is 0 Å². The maximum atomic E-state index is 8.25. The minimum atomic E-state index is -1.75. The summed E-state index contributed by atoms with van der Waals surface area (Å²) >= 11 is 0. The first-order chi connectivity index (χ1) is 1.73. The molecule has 0 aromatic rings. The summed E-state index contributed by atoms with van der Waals surface area (Å²) in [4.78, 5) is 8.25. The van der Waals surface area contributed by atoms with Gasteiger partial charge < -0.3 is 15.3 Å². The van der Waals surface area contributed by atoms with Crippen LogP contribution in [-0.2, 0) is 16.8 Å². The molecule has 0 fully saturated rings. The third-order valence-electron chi connectivity index (χ3n) is 0. The molecule has 0 spiro atoms. The average molecular weight is 121 g/mol. The first-order valence-electron chi connectivity index (χ1n) is 0.548. The molecular weight excluding hydrogens is 121 g/mol. The predicted octanol–water partition coefficient (Wildman–Crippen LogP) is -0.242. The van der Waals surface area contributed by atoms with Gasteiger partial charge in [0.25, 0.3) is 0 Å². The Morgan fingerprint density at radius 3 is 1.40 bits per heavy atom. The molecule has 0 aliphatic rings. The summed E-state index contributed by atoms with van der Waals surface area (Å²) in [5.74, 6) is 0. The first kappa shape index (κ1) is 8.83. The van der Waals surface area contributed by atoms with Crippen molar-refractivity contribution in [3.05, 3.63) is 15.3 Å². The molecule has 0 rings (SSSR count). The van der Waals surface area contributed by atoms with Gasteiger partial charge >= 0.3 is 16.8 Å². The van der Waals surface area contributed by atoms with Gasteiger partial charge in [-0.05, 0) is 0 Å². The Hall–Kier alpha value is -0.294. The maximum Gasteiger partial charge on any atom is 1.00 e. The SMILES string of the molecule is O=[N+]([O-])[O-].[Co+]. The Bertz CT molecular complexity index is 29.9. The molecule has 4 nitrogen and oxygen atoms in total. The summed E-state index contributed by atoms with van der Waals surface area (Å²) in [6, 6.07) is 0. The van der Waals surface area contributed by atoms with Crippen molar-refractivity contribution in [1.82, 2.24) is 0 Å². The van der Waals surface area contributed by atoms with E-state index in [0.717, 1.165) is 0 Å². The molecule has 32 valence electrons. The molecule has 5 heavy (non-hydrogen) atoms. The van der Waals surface area contributed by atoms with Gasteiger partial charge in [-0.15, -0.1) is 0 Å². The van der Waals surface area contributed by atoms with Crippen molar-refractivity contribution in [2.24, 2.45) is 0 Å². The van der Waals surface area contributed by atoms with Gasteiger partial charge in [-0.2, -0.15) is 0 Å². The summed E-state index contributed by atoms with van der Waals surface area (Å²) in [6.45, 7) is 0. The Morgan fingerprint density at radius 1 is 1.40 bits per heavy atom. The minimum absolute atomic E-state index is 0. The second-order valence-corrected chi connectivity index (χ2v) is 0.224. The van der Waals surface area contributed by atoms with E-state index in [0.29, 0.717) is 0 Å². The van der Waals surface area contributed by atoms with Gasteiger partial charge in [-0.3, -0.25) is 0 Å². The molecule has 0 aliphatic heterocycles. The summed E-state index contributed by atoms with van der Waals surface area (Å²) in [7, 11) is 0. The summed E-state index contributed by atoms with van der Waals surface area (Å²) in [5.41, 5.74) is 0. The molecule has 5 heteroatoms. The van der Waals surface area contributed by atoms with Crippen molar-refractivity contribution in [1.29, 1.82) is 0 Å². The second kappa shape index (κ2) is 3.71. The van der Waals surface area contributed by atoms with Gasteiger partial charge in [0.15, 0.2) is 0 Å². The molecule has 0 aliphatic carbocycles. The molecule has 0 amide bonds. The topological polar surface area (TPSA) is 66.2 Å². The van der Waals surface area contributed by atoms with Crippen LogP contribution in [0.25, 0.3) is 0 Å². The van der Waals surface area contributed by atoms with Crippen LogP contribution in [0.5, 0.6) is 0 Å². The molecule has 0 aromatic carbocycles. The maximum absolute atomic E-state index is 8.25. The van der Waals surface area contributed by atoms with Crippen LogP contribution in [0.3, 0.4) is 0 Å². The molecule has 0 unspecified atom stereocenters. The van der Waals surface area contributed by atoms with Gasteiger partial charge in [-0.1, -0.05) is 0 Å². The van der Waals surface area contributed by atoms with Crippen LogP contribution in [0.4, 0.5) is 0 Å². The van der Waals surface area contributed by atoms with Crippen LogP contribution in [0.2, 0.25) is 0 Å². The molecule has 0 saturated carbocycles. The van der Waals surface area contributed by atoms with E-state index in [9.17, 15) is 0 Å². The standard InChI is InChI=1S/Co.NO3/c;2-1(3)4/q+1;-1. The fraction of sp³-hybridized carbons (Fsp3) is 0. The molecule has 0 aromatic heterocycles. The van der Waals surface area contributed by atoms with Crippen LogP contribution < -0.4 is 0 Å². The van der Waals surface area contributed by atoms with Crippen LogP contribution in [0, 0.1) is 15.3 Å². The van der Waals surface area contributed by atoms with E-state index >= 15 is 0 Å². The summed E-state index contributed by atoms with van der Waals surface area (Å²) in [6.07, 6.45) is 0. The number of rotatable bonds is 0. The Balaban J connectivity index is 0. The molecule has 0 bridgehead atoms. The Kier molecular flexibility index (Phi) is 6.54. The molecular formula is CoNO3. The van der Waals surface area contributed by atoms with E-state index in [1.807, 2.05) is 0 Å². The largest absolute Gasteiger partial charge is 1.00 e. The zero-order chi connectivity index (χ0) is 3.58. The average Bonchev–Trinajstić information content (AvgIpc) is 0.811. The van der Waals surface area contributed by atoms with Crippen molar-refractivity contribution in [2.45, 2.75) is 0 Å². The predicted molar refractivity (Wildman–Crippen MR) is 10.4 cm³/mol. The van der Waals surface area contributed by atoms with Crippen molar-refractivity contribution in [3.8, 4) is 0 Å². The van der Waals surface area contributed by atoms with Gasteiger partial charge in [0.05, 0.1) is 5.09 Å². The minimum Gasteiger partial charge on any atom is -0.356 e. The fourth-order valence-corrected chi connectivity index (χ4v) is 0. The second-order valence-electron chi connectivity index (χ2n) is 0.224. The molecule has 0 radical (unpaired) electrons. The fourth-order valence-electron chi connectivity index (χ4n) is 0. The zero-order valence-corrected chi connectivity index (χ0v) is 3.05. The molecule has 0 heterocycles. The Labute approximate surface area is 38.1 Å². The normalized spacial score (nSPS) is 4.80. The molecule has 0 N–H and O–H groups in total. The van der Waals surface area contributed by atoms with E-state index < -0.39 is 5.09 Å². The Morgan fingerprint density at radius 2 is 1.40 bits per heavy atom. The number of hydrogen-bond acceptors (Lipinski definition) is 3. The summed E-state index contributed by atoms with van der Waals surface area (Å²) < 4.78 is 0. The van der Waals surface area contributed by atoms with Crippen LogP contribution in [0.1, 0.15) is 0 Å². The van der Waals surface area contributed by atoms with Crippen molar-refractivity contribution >= 4 is 0 Å². The van der Waals surface area contributed by atoms with Gasteiger partial charge in [0.2, 0.25) is 0 Å².